The highest BCUT2D eigenvalue weighted by Crippen LogP contribution is 2.32. The van der Waals surface area contributed by atoms with Gasteiger partial charge in [-0.3, -0.25) is 9.48 Å². The Morgan fingerprint density at radius 2 is 2.04 bits per heavy atom. The van der Waals surface area contributed by atoms with E-state index in [9.17, 15) is 4.79 Å². The van der Waals surface area contributed by atoms with Gasteiger partial charge in [0.05, 0.1) is 0 Å². The van der Waals surface area contributed by atoms with Crippen LogP contribution in [0.15, 0.2) is 18.5 Å². The van der Waals surface area contributed by atoms with Crippen molar-refractivity contribution in [1.29, 1.82) is 0 Å². The van der Waals surface area contributed by atoms with Crippen LogP contribution >= 0.6 is 0 Å². The van der Waals surface area contributed by atoms with E-state index in [2.05, 4.69) is 10.00 Å². The maximum atomic E-state index is 13.0. The molecule has 0 radical (unpaired) electrons. The number of hydrogen-bond donors (Lipinski definition) is 0. The lowest BCUT2D eigenvalue weighted by molar-refractivity contribution is -0.142. The zero-order chi connectivity index (χ0) is 16.3. The minimum atomic E-state index is -0.528. The summed E-state index contributed by atoms with van der Waals surface area (Å²) in [6.45, 7) is 3.05. The number of likely N-dealkylation sites (tertiary alicyclic amines) is 1. The zero-order valence-corrected chi connectivity index (χ0v) is 14.6. The second-order valence-corrected chi connectivity index (χ2v) is 7.52. The lowest BCUT2D eigenvalue weighted by Crippen LogP contribution is -2.58. The molecular formula is C18H30N4O. The van der Waals surface area contributed by atoms with Gasteiger partial charge in [0.2, 0.25) is 0 Å². The first-order chi connectivity index (χ1) is 11.1. The molecule has 5 nitrogen and oxygen atoms in total. The molecule has 2 heterocycles. The summed E-state index contributed by atoms with van der Waals surface area (Å²) in [6, 6.07) is 1.92. The Bertz CT molecular complexity index is 507. The minimum Gasteiger partial charge on any atom is -0.347 e. The highest BCUT2D eigenvalue weighted by molar-refractivity contribution is 5.84. The average Bonchev–Trinajstić information content (AvgIpc) is 3.10. The van der Waals surface area contributed by atoms with Crippen LogP contribution in [0, 0.1) is 5.92 Å². The Morgan fingerprint density at radius 3 is 2.70 bits per heavy atom. The maximum absolute atomic E-state index is 13.0. The second-order valence-electron chi connectivity index (χ2n) is 7.52. The summed E-state index contributed by atoms with van der Waals surface area (Å²) in [4.78, 5) is 17.2. The van der Waals surface area contributed by atoms with Gasteiger partial charge in [0.1, 0.15) is 0 Å². The van der Waals surface area contributed by atoms with Crippen LogP contribution in [0.3, 0.4) is 0 Å². The quantitative estimate of drug-likeness (QED) is 0.856. The van der Waals surface area contributed by atoms with E-state index in [4.69, 9.17) is 0 Å². The van der Waals surface area contributed by atoms with E-state index in [1.807, 2.05) is 31.0 Å². The van der Waals surface area contributed by atoms with E-state index in [0.717, 1.165) is 38.4 Å². The van der Waals surface area contributed by atoms with Crippen LogP contribution in [-0.2, 0) is 10.3 Å². The Balaban J connectivity index is 1.77. The first-order valence-corrected chi connectivity index (χ1v) is 9.06. The number of carbonyl (C=O) groups excluding carboxylic acids is 1. The van der Waals surface area contributed by atoms with Crippen molar-refractivity contribution >= 4 is 5.91 Å². The van der Waals surface area contributed by atoms with E-state index in [1.165, 1.54) is 32.1 Å². The lowest BCUT2D eigenvalue weighted by atomic mass is 9.85. The van der Waals surface area contributed by atoms with Crippen LogP contribution < -0.4 is 0 Å². The molecular weight excluding hydrogens is 288 g/mol. The predicted molar refractivity (Wildman–Crippen MR) is 91.1 cm³/mol. The third-order valence-corrected chi connectivity index (χ3v) is 5.54. The van der Waals surface area contributed by atoms with E-state index >= 15 is 0 Å². The third-order valence-electron chi connectivity index (χ3n) is 5.54. The lowest BCUT2D eigenvalue weighted by Gasteiger charge is -2.44. The summed E-state index contributed by atoms with van der Waals surface area (Å²) in [7, 11) is 3.71. The summed E-state index contributed by atoms with van der Waals surface area (Å²) in [6.07, 6.45) is 12.5. The standard InChI is InChI=1S/C18H30N4O/c1-20(2)17(23)18(22-13-7-11-19-22)10-6-12-21(15-18)14-16-8-4-3-5-9-16/h7,11,13,16H,3-6,8-10,12,14-15H2,1-2H3. The van der Waals surface area contributed by atoms with Crippen molar-refractivity contribution < 1.29 is 4.79 Å². The largest absolute Gasteiger partial charge is 0.347 e. The summed E-state index contributed by atoms with van der Waals surface area (Å²) in [5.41, 5.74) is -0.528. The Kier molecular flexibility index (Phi) is 5.05. The molecule has 1 unspecified atom stereocenters. The third kappa shape index (κ3) is 3.44. The van der Waals surface area contributed by atoms with Crippen LogP contribution in [0.2, 0.25) is 0 Å². The highest BCUT2D eigenvalue weighted by Gasteiger charge is 2.45. The molecule has 3 rings (SSSR count). The summed E-state index contributed by atoms with van der Waals surface area (Å²) >= 11 is 0. The van der Waals surface area contributed by atoms with Crippen molar-refractivity contribution in [2.45, 2.75) is 50.5 Å². The molecule has 1 saturated carbocycles. The molecule has 2 fully saturated rings. The minimum absolute atomic E-state index is 0.176. The van der Waals surface area contributed by atoms with Gasteiger partial charge in [-0.25, -0.2) is 0 Å². The van der Waals surface area contributed by atoms with Gasteiger partial charge >= 0.3 is 0 Å². The van der Waals surface area contributed by atoms with Crippen LogP contribution in [0.25, 0.3) is 0 Å². The van der Waals surface area contributed by atoms with Gasteiger partial charge < -0.3 is 9.80 Å². The molecule has 1 aliphatic heterocycles. The molecule has 0 spiro atoms. The topological polar surface area (TPSA) is 41.4 Å². The first kappa shape index (κ1) is 16.5. The highest BCUT2D eigenvalue weighted by atomic mass is 16.2. The van der Waals surface area contributed by atoms with Gasteiger partial charge in [-0.15, -0.1) is 0 Å². The predicted octanol–water partition coefficient (Wildman–Crippen LogP) is 2.34. The number of nitrogens with zero attached hydrogens (tertiary/aromatic N) is 4. The molecule has 23 heavy (non-hydrogen) atoms. The number of carbonyl (C=O) groups is 1. The first-order valence-electron chi connectivity index (χ1n) is 9.06. The maximum Gasteiger partial charge on any atom is 0.251 e. The van der Waals surface area contributed by atoms with E-state index in [-0.39, 0.29) is 5.91 Å². The molecule has 0 N–H and O–H groups in total. The molecule has 1 aliphatic carbocycles. The number of hydrogen-bond acceptors (Lipinski definition) is 3. The number of amides is 1. The molecule has 1 aromatic heterocycles. The fourth-order valence-corrected chi connectivity index (χ4v) is 4.41. The van der Waals surface area contributed by atoms with E-state index in [0.29, 0.717) is 0 Å². The van der Waals surface area contributed by atoms with Crippen LogP contribution in [0.4, 0.5) is 0 Å². The molecule has 128 valence electrons. The van der Waals surface area contributed by atoms with Crippen molar-refractivity contribution in [3.8, 4) is 0 Å². The van der Waals surface area contributed by atoms with E-state index < -0.39 is 5.54 Å². The van der Waals surface area contributed by atoms with Crippen molar-refractivity contribution in [2.75, 3.05) is 33.7 Å². The van der Waals surface area contributed by atoms with Crippen molar-refractivity contribution in [2.24, 2.45) is 5.92 Å². The summed E-state index contributed by atoms with van der Waals surface area (Å²) < 4.78 is 1.91. The molecule has 1 saturated heterocycles. The molecule has 0 aromatic carbocycles. The number of piperidine rings is 1. The summed E-state index contributed by atoms with van der Waals surface area (Å²) in [5.74, 6) is 0.987. The SMILES string of the molecule is CN(C)C(=O)C1(n2cccn2)CCCN(CC2CCCCC2)C1. The number of aromatic nitrogens is 2. The second kappa shape index (κ2) is 7.04. The number of likely N-dealkylation sites (N-methyl/N-ethyl adjacent to an activating group) is 1. The molecule has 0 bridgehead atoms. The fraction of sp³-hybridized carbons (Fsp3) is 0.778. The molecule has 1 atom stereocenters. The fourth-order valence-electron chi connectivity index (χ4n) is 4.41. The van der Waals surface area contributed by atoms with Crippen molar-refractivity contribution in [3.63, 3.8) is 0 Å². The van der Waals surface area contributed by atoms with Gasteiger partial charge in [0.25, 0.3) is 5.91 Å². The zero-order valence-electron chi connectivity index (χ0n) is 14.6. The Hall–Kier alpha value is -1.36. The van der Waals surface area contributed by atoms with Crippen molar-refractivity contribution in [3.05, 3.63) is 18.5 Å². The monoisotopic (exact) mass is 318 g/mol. The smallest absolute Gasteiger partial charge is 0.251 e. The molecule has 2 aliphatic rings. The number of rotatable bonds is 4. The molecule has 1 amide bonds. The Labute approximate surface area is 139 Å². The Morgan fingerprint density at radius 1 is 1.26 bits per heavy atom. The van der Waals surface area contributed by atoms with Gasteiger partial charge in [0, 0.05) is 39.6 Å². The molecule has 5 heteroatoms. The average molecular weight is 318 g/mol. The van der Waals surface area contributed by atoms with Gasteiger partial charge in [-0.1, -0.05) is 19.3 Å². The van der Waals surface area contributed by atoms with Gasteiger partial charge in [-0.05, 0) is 44.2 Å². The normalized spacial score (nSPS) is 27.0. The van der Waals surface area contributed by atoms with Crippen LogP contribution in [-0.4, -0.2) is 59.2 Å². The van der Waals surface area contributed by atoms with Crippen LogP contribution in [0.1, 0.15) is 44.9 Å². The van der Waals surface area contributed by atoms with E-state index in [1.54, 1.807) is 11.1 Å². The molecule has 1 aromatic rings. The van der Waals surface area contributed by atoms with Gasteiger partial charge in [0.15, 0.2) is 5.54 Å². The van der Waals surface area contributed by atoms with Crippen molar-refractivity contribution in [1.82, 2.24) is 19.6 Å². The summed E-state index contributed by atoms with van der Waals surface area (Å²) in [5, 5.41) is 4.44. The van der Waals surface area contributed by atoms with Gasteiger partial charge in [-0.2, -0.15) is 5.10 Å². The van der Waals surface area contributed by atoms with Crippen LogP contribution in [0.5, 0.6) is 0 Å².